The number of hydrogen-bond donors (Lipinski definition) is 0. The zero-order valence-electron chi connectivity index (χ0n) is 13.8. The summed E-state index contributed by atoms with van der Waals surface area (Å²) in [5.41, 5.74) is 0.658. The third-order valence-electron chi connectivity index (χ3n) is 3.87. The highest BCUT2D eigenvalue weighted by Gasteiger charge is 2.19. The number of carbonyl (C=O) groups is 1. The predicted molar refractivity (Wildman–Crippen MR) is 99.0 cm³/mol. The molecule has 0 aliphatic heterocycles. The molecule has 0 saturated carbocycles. The Hall–Kier alpha value is -2.60. The van der Waals surface area contributed by atoms with Crippen molar-refractivity contribution in [1.29, 1.82) is 0 Å². The van der Waals surface area contributed by atoms with Crippen molar-refractivity contribution in [3.05, 3.63) is 74.6 Å². The van der Waals surface area contributed by atoms with Crippen LogP contribution in [0.2, 0.25) is 0 Å². The van der Waals surface area contributed by atoms with Gasteiger partial charge in [-0.25, -0.2) is 4.79 Å². The van der Waals surface area contributed by atoms with Crippen LogP contribution in [0.3, 0.4) is 0 Å². The summed E-state index contributed by atoms with van der Waals surface area (Å²) in [7, 11) is 3.21. The minimum atomic E-state index is -0.642. The Bertz CT molecular complexity index is 996. The maximum absolute atomic E-state index is 12.7. The highest BCUT2D eigenvalue weighted by molar-refractivity contribution is 9.10. The lowest BCUT2D eigenvalue weighted by Crippen LogP contribution is -2.30. The summed E-state index contributed by atoms with van der Waals surface area (Å²) in [6.45, 7) is 0.299. The summed E-state index contributed by atoms with van der Waals surface area (Å²) in [5.74, 6) is 0.273. The van der Waals surface area contributed by atoms with E-state index in [9.17, 15) is 9.59 Å². The molecule has 1 amide bonds. The van der Waals surface area contributed by atoms with Crippen molar-refractivity contribution >= 4 is 32.8 Å². The van der Waals surface area contributed by atoms with Gasteiger partial charge in [0.05, 0.1) is 7.11 Å². The van der Waals surface area contributed by atoms with Crippen LogP contribution in [-0.4, -0.2) is 25.0 Å². The second-order valence-electron chi connectivity index (χ2n) is 5.60. The number of methoxy groups -OCH3 is 1. The molecule has 0 saturated heterocycles. The maximum atomic E-state index is 12.7. The van der Waals surface area contributed by atoms with Gasteiger partial charge in [0.15, 0.2) is 0 Å². The van der Waals surface area contributed by atoms with E-state index >= 15 is 0 Å². The summed E-state index contributed by atoms with van der Waals surface area (Å²) in [5, 5.41) is 0.707. The van der Waals surface area contributed by atoms with Crippen molar-refractivity contribution in [3.63, 3.8) is 0 Å². The molecule has 0 unspecified atom stereocenters. The van der Waals surface area contributed by atoms with E-state index in [0.29, 0.717) is 23.3 Å². The minimum absolute atomic E-state index is 0.00941. The number of benzene rings is 2. The molecular formula is C19H16BrNO4. The van der Waals surface area contributed by atoms with Crippen LogP contribution in [0.15, 0.2) is 62.2 Å². The second kappa shape index (κ2) is 7.11. The van der Waals surface area contributed by atoms with E-state index in [-0.39, 0.29) is 5.56 Å². The van der Waals surface area contributed by atoms with E-state index in [1.54, 1.807) is 38.4 Å². The zero-order chi connectivity index (χ0) is 18.0. The molecule has 1 aromatic heterocycles. The minimum Gasteiger partial charge on any atom is -0.496 e. The van der Waals surface area contributed by atoms with E-state index in [4.69, 9.17) is 9.15 Å². The number of halogens is 1. The number of ether oxygens (including phenoxy) is 1. The number of nitrogens with zero attached hydrogens (tertiary/aromatic N) is 1. The highest BCUT2D eigenvalue weighted by Crippen LogP contribution is 2.24. The Balaban J connectivity index is 1.92. The smallest absolute Gasteiger partial charge is 0.349 e. The van der Waals surface area contributed by atoms with E-state index < -0.39 is 11.5 Å². The summed E-state index contributed by atoms with van der Waals surface area (Å²) in [6, 6.07) is 14.2. The summed E-state index contributed by atoms with van der Waals surface area (Å²) < 4.78 is 11.5. The van der Waals surface area contributed by atoms with Crippen LogP contribution >= 0.6 is 15.9 Å². The average Bonchev–Trinajstić information content (AvgIpc) is 2.60. The molecule has 0 aliphatic rings. The Morgan fingerprint density at radius 2 is 1.96 bits per heavy atom. The van der Waals surface area contributed by atoms with Gasteiger partial charge in [0.25, 0.3) is 5.91 Å². The molecule has 128 valence electrons. The van der Waals surface area contributed by atoms with Gasteiger partial charge in [-0.15, -0.1) is 0 Å². The molecule has 1 heterocycles. The first-order valence-corrected chi connectivity index (χ1v) is 8.39. The molecule has 0 fully saturated rings. The largest absolute Gasteiger partial charge is 0.496 e. The Labute approximate surface area is 152 Å². The van der Waals surface area contributed by atoms with Gasteiger partial charge in [-0.1, -0.05) is 34.1 Å². The highest BCUT2D eigenvalue weighted by atomic mass is 79.9. The van der Waals surface area contributed by atoms with Gasteiger partial charge in [-0.2, -0.15) is 0 Å². The van der Waals surface area contributed by atoms with Gasteiger partial charge in [0.2, 0.25) is 0 Å². The zero-order valence-corrected chi connectivity index (χ0v) is 15.4. The van der Waals surface area contributed by atoms with Crippen molar-refractivity contribution in [3.8, 4) is 5.75 Å². The van der Waals surface area contributed by atoms with Crippen LogP contribution in [0.5, 0.6) is 5.75 Å². The standard InChI is InChI=1S/C19H16BrNO4/c1-21(11-13-9-14(20)7-8-16(13)24-2)18(22)15-10-12-5-3-4-6-17(12)25-19(15)23/h3-10H,11H2,1-2H3. The van der Waals surface area contributed by atoms with E-state index in [1.807, 2.05) is 24.3 Å². The lowest BCUT2D eigenvalue weighted by atomic mass is 10.1. The van der Waals surface area contributed by atoms with Crippen LogP contribution in [0.1, 0.15) is 15.9 Å². The van der Waals surface area contributed by atoms with Crippen LogP contribution in [0.25, 0.3) is 11.0 Å². The van der Waals surface area contributed by atoms with Gasteiger partial charge in [-0.3, -0.25) is 4.79 Å². The Morgan fingerprint density at radius 3 is 2.72 bits per heavy atom. The number of carbonyl (C=O) groups excluding carboxylic acids is 1. The molecule has 0 bridgehead atoms. The second-order valence-corrected chi connectivity index (χ2v) is 6.52. The van der Waals surface area contributed by atoms with Crippen LogP contribution in [-0.2, 0) is 6.54 Å². The molecular weight excluding hydrogens is 386 g/mol. The third kappa shape index (κ3) is 3.58. The molecule has 6 heteroatoms. The summed E-state index contributed by atoms with van der Waals surface area (Å²) in [6.07, 6.45) is 0. The first-order valence-electron chi connectivity index (χ1n) is 7.60. The van der Waals surface area contributed by atoms with Gasteiger partial charge in [-0.05, 0) is 30.3 Å². The van der Waals surface area contributed by atoms with E-state index in [1.165, 1.54) is 4.90 Å². The predicted octanol–water partition coefficient (Wildman–Crippen LogP) is 3.84. The van der Waals surface area contributed by atoms with Crippen molar-refractivity contribution in [2.24, 2.45) is 0 Å². The molecule has 3 aromatic rings. The molecule has 5 nitrogen and oxygen atoms in total. The third-order valence-corrected chi connectivity index (χ3v) is 4.36. The van der Waals surface area contributed by atoms with E-state index in [0.717, 1.165) is 10.0 Å². The van der Waals surface area contributed by atoms with Crippen molar-refractivity contribution < 1.29 is 13.9 Å². The molecule has 0 spiro atoms. The average molecular weight is 402 g/mol. The number of hydrogen-bond acceptors (Lipinski definition) is 4. The first-order chi connectivity index (χ1) is 12.0. The molecule has 25 heavy (non-hydrogen) atoms. The van der Waals surface area contributed by atoms with Gasteiger partial charge < -0.3 is 14.1 Å². The topological polar surface area (TPSA) is 59.8 Å². The number of rotatable bonds is 4. The normalized spacial score (nSPS) is 10.7. The molecule has 2 aromatic carbocycles. The molecule has 0 aliphatic carbocycles. The SMILES string of the molecule is COc1ccc(Br)cc1CN(C)C(=O)c1cc2ccccc2oc1=O. The Kier molecular flexibility index (Phi) is 4.90. The Morgan fingerprint density at radius 1 is 1.20 bits per heavy atom. The van der Waals surface area contributed by atoms with Gasteiger partial charge in [0, 0.05) is 29.0 Å². The number of fused-ring (bicyclic) bond motifs is 1. The number of para-hydroxylation sites is 1. The van der Waals surface area contributed by atoms with Gasteiger partial charge >= 0.3 is 5.63 Å². The maximum Gasteiger partial charge on any atom is 0.349 e. The summed E-state index contributed by atoms with van der Waals surface area (Å²) in [4.78, 5) is 26.3. The monoisotopic (exact) mass is 401 g/mol. The van der Waals surface area contributed by atoms with Crippen LogP contribution in [0, 0.1) is 0 Å². The van der Waals surface area contributed by atoms with Crippen molar-refractivity contribution in [2.45, 2.75) is 6.54 Å². The fourth-order valence-electron chi connectivity index (χ4n) is 2.61. The first kappa shape index (κ1) is 17.2. The molecule has 3 rings (SSSR count). The molecule has 0 N–H and O–H groups in total. The number of amides is 1. The fourth-order valence-corrected chi connectivity index (χ4v) is 3.02. The lowest BCUT2D eigenvalue weighted by Gasteiger charge is -2.18. The van der Waals surface area contributed by atoms with Crippen LogP contribution in [0.4, 0.5) is 0 Å². The van der Waals surface area contributed by atoms with Crippen LogP contribution < -0.4 is 10.4 Å². The van der Waals surface area contributed by atoms with Gasteiger partial charge in [0.1, 0.15) is 16.9 Å². The fraction of sp³-hybridized carbons (Fsp3) is 0.158. The molecule has 0 radical (unpaired) electrons. The lowest BCUT2D eigenvalue weighted by molar-refractivity contribution is 0.0780. The van der Waals surface area contributed by atoms with E-state index in [2.05, 4.69) is 15.9 Å². The van der Waals surface area contributed by atoms with Crippen molar-refractivity contribution in [1.82, 2.24) is 4.90 Å². The molecule has 0 atom stereocenters. The van der Waals surface area contributed by atoms with Crippen molar-refractivity contribution in [2.75, 3.05) is 14.2 Å². The quantitative estimate of drug-likeness (QED) is 0.623. The summed E-state index contributed by atoms with van der Waals surface area (Å²) >= 11 is 3.41.